The SMILES string of the molecule is O=C(N1CC2(CCOCC2)C1c1ccco1)C12CC1C2. The van der Waals surface area contributed by atoms with Gasteiger partial charge in [-0.25, -0.2) is 0 Å². The van der Waals surface area contributed by atoms with Crippen molar-refractivity contribution in [3.8, 4) is 0 Å². The quantitative estimate of drug-likeness (QED) is 0.831. The van der Waals surface area contributed by atoms with Gasteiger partial charge in [-0.15, -0.1) is 0 Å². The molecule has 1 atom stereocenters. The Morgan fingerprint density at radius 2 is 2.05 bits per heavy atom. The molecule has 0 N–H and O–H groups in total. The Morgan fingerprint density at radius 3 is 2.65 bits per heavy atom. The molecule has 1 aromatic rings. The summed E-state index contributed by atoms with van der Waals surface area (Å²) in [5, 5.41) is 0. The van der Waals surface area contributed by atoms with Crippen LogP contribution in [-0.2, 0) is 9.53 Å². The number of furan rings is 1. The van der Waals surface area contributed by atoms with Crippen molar-refractivity contribution in [3.63, 3.8) is 0 Å². The molecule has 20 heavy (non-hydrogen) atoms. The van der Waals surface area contributed by atoms with E-state index in [4.69, 9.17) is 9.15 Å². The second kappa shape index (κ2) is 3.48. The maximum Gasteiger partial charge on any atom is 0.229 e. The third-order valence-corrected chi connectivity index (χ3v) is 6.05. The summed E-state index contributed by atoms with van der Waals surface area (Å²) in [6.07, 6.45) is 6.06. The van der Waals surface area contributed by atoms with Gasteiger partial charge in [-0.05, 0) is 43.7 Å². The molecule has 2 aliphatic carbocycles. The largest absolute Gasteiger partial charge is 0.467 e. The Morgan fingerprint density at radius 1 is 1.30 bits per heavy atom. The third kappa shape index (κ3) is 1.28. The van der Waals surface area contributed by atoms with E-state index in [1.807, 2.05) is 12.1 Å². The summed E-state index contributed by atoms with van der Waals surface area (Å²) in [5.41, 5.74) is 0.263. The van der Waals surface area contributed by atoms with Crippen molar-refractivity contribution in [1.82, 2.24) is 4.90 Å². The molecule has 1 aromatic heterocycles. The molecule has 4 nitrogen and oxygen atoms in total. The van der Waals surface area contributed by atoms with Gasteiger partial charge in [0.25, 0.3) is 0 Å². The highest BCUT2D eigenvalue weighted by Crippen LogP contribution is 2.77. The first-order chi connectivity index (χ1) is 9.75. The van der Waals surface area contributed by atoms with Gasteiger partial charge in [0, 0.05) is 25.2 Å². The van der Waals surface area contributed by atoms with Crippen molar-refractivity contribution in [3.05, 3.63) is 24.2 Å². The first-order valence-corrected chi connectivity index (χ1v) is 7.67. The van der Waals surface area contributed by atoms with Crippen molar-refractivity contribution in [2.45, 2.75) is 31.7 Å². The second-order valence-electron chi connectivity index (χ2n) is 7.09. The van der Waals surface area contributed by atoms with E-state index in [1.54, 1.807) is 6.26 Å². The standard InChI is InChI=1S/C16H19NO3/c18-14(16-8-11(16)9-16)17-10-15(3-6-19-7-4-15)13(17)12-2-1-5-20-12/h1-2,5,11,13H,3-4,6-10H2. The first kappa shape index (κ1) is 11.4. The van der Waals surface area contributed by atoms with Crippen LogP contribution in [0.4, 0.5) is 0 Å². The fourth-order valence-electron chi connectivity index (χ4n) is 4.37. The lowest BCUT2D eigenvalue weighted by Crippen LogP contribution is -2.63. The molecule has 0 bridgehead atoms. The minimum Gasteiger partial charge on any atom is -0.467 e. The molecule has 2 saturated heterocycles. The topological polar surface area (TPSA) is 42.7 Å². The summed E-state index contributed by atoms with van der Waals surface area (Å²) in [6, 6.07) is 4.10. The smallest absolute Gasteiger partial charge is 0.229 e. The molecular weight excluding hydrogens is 254 g/mol. The zero-order valence-electron chi connectivity index (χ0n) is 11.5. The van der Waals surface area contributed by atoms with Gasteiger partial charge < -0.3 is 14.1 Å². The molecule has 4 heteroatoms. The molecular formula is C16H19NO3. The van der Waals surface area contributed by atoms with Crippen LogP contribution in [-0.4, -0.2) is 30.6 Å². The highest BCUT2D eigenvalue weighted by atomic mass is 16.5. The number of rotatable bonds is 2. The van der Waals surface area contributed by atoms with Crippen molar-refractivity contribution in [2.75, 3.05) is 19.8 Å². The maximum absolute atomic E-state index is 12.7. The van der Waals surface area contributed by atoms with Crippen LogP contribution in [0.3, 0.4) is 0 Å². The molecule has 0 aromatic carbocycles. The Labute approximate surface area is 118 Å². The zero-order valence-corrected chi connectivity index (χ0v) is 11.5. The van der Waals surface area contributed by atoms with Crippen LogP contribution in [0, 0.1) is 16.7 Å². The van der Waals surface area contributed by atoms with E-state index in [0.717, 1.165) is 51.2 Å². The van der Waals surface area contributed by atoms with Gasteiger partial charge in [0.1, 0.15) is 5.76 Å². The number of carbonyl (C=O) groups is 1. The van der Waals surface area contributed by atoms with Crippen molar-refractivity contribution in [2.24, 2.45) is 16.7 Å². The van der Waals surface area contributed by atoms with Gasteiger partial charge in [0.05, 0.1) is 17.7 Å². The van der Waals surface area contributed by atoms with E-state index in [1.165, 1.54) is 0 Å². The number of nitrogens with zero attached hydrogens (tertiary/aromatic N) is 1. The fourth-order valence-corrected chi connectivity index (χ4v) is 4.37. The average molecular weight is 273 g/mol. The van der Waals surface area contributed by atoms with Crippen molar-refractivity contribution < 1.29 is 13.9 Å². The number of hydrogen-bond acceptors (Lipinski definition) is 3. The van der Waals surface area contributed by atoms with Gasteiger partial charge in [0.15, 0.2) is 0 Å². The minimum absolute atomic E-state index is 0.0671. The van der Waals surface area contributed by atoms with Crippen LogP contribution < -0.4 is 0 Å². The summed E-state index contributed by atoms with van der Waals surface area (Å²) in [7, 11) is 0. The Hall–Kier alpha value is -1.29. The summed E-state index contributed by atoms with van der Waals surface area (Å²) < 4.78 is 11.2. The number of carbonyl (C=O) groups excluding carboxylic acids is 1. The highest BCUT2D eigenvalue weighted by molar-refractivity contribution is 5.91. The first-order valence-electron chi connectivity index (χ1n) is 7.67. The Balaban J connectivity index is 1.47. The predicted molar refractivity (Wildman–Crippen MR) is 70.8 cm³/mol. The summed E-state index contributed by atoms with van der Waals surface area (Å²) in [4.78, 5) is 14.8. The molecule has 1 spiro atoms. The zero-order chi connectivity index (χ0) is 13.4. The molecule has 0 radical (unpaired) electrons. The van der Waals surface area contributed by atoms with Crippen molar-refractivity contribution >= 4 is 5.91 Å². The van der Waals surface area contributed by atoms with Crippen LogP contribution in [0.25, 0.3) is 0 Å². The van der Waals surface area contributed by atoms with Gasteiger partial charge >= 0.3 is 0 Å². The van der Waals surface area contributed by atoms with Crippen LogP contribution in [0.1, 0.15) is 37.5 Å². The number of likely N-dealkylation sites (tertiary alicyclic amines) is 1. The summed E-state index contributed by atoms with van der Waals surface area (Å²) in [5.74, 6) is 2.06. The normalized spacial score (nSPS) is 40.1. The fraction of sp³-hybridized carbons (Fsp3) is 0.688. The number of ether oxygens (including phenoxy) is 1. The Bertz CT molecular complexity index is 552. The molecule has 106 valence electrons. The van der Waals surface area contributed by atoms with E-state index >= 15 is 0 Å². The lowest BCUT2D eigenvalue weighted by Gasteiger charge is -2.58. The monoisotopic (exact) mass is 273 g/mol. The van der Waals surface area contributed by atoms with E-state index in [9.17, 15) is 4.79 Å². The van der Waals surface area contributed by atoms with E-state index in [0.29, 0.717) is 11.8 Å². The molecule has 2 aliphatic heterocycles. The predicted octanol–water partition coefficient (Wildman–Crippen LogP) is 2.37. The Kier molecular flexibility index (Phi) is 1.98. The average Bonchev–Trinajstić information content (AvgIpc) is 3.25. The molecule has 1 amide bonds. The molecule has 4 aliphatic rings. The summed E-state index contributed by atoms with van der Waals surface area (Å²) in [6.45, 7) is 2.52. The van der Waals surface area contributed by atoms with Gasteiger partial charge in [-0.3, -0.25) is 4.79 Å². The van der Waals surface area contributed by atoms with Crippen LogP contribution in [0.15, 0.2) is 22.8 Å². The van der Waals surface area contributed by atoms with E-state index < -0.39 is 0 Å². The lowest BCUT2D eigenvalue weighted by molar-refractivity contribution is -0.175. The summed E-state index contributed by atoms with van der Waals surface area (Å²) >= 11 is 0. The molecule has 3 heterocycles. The van der Waals surface area contributed by atoms with E-state index in [2.05, 4.69) is 4.90 Å². The van der Waals surface area contributed by atoms with Gasteiger partial charge in [0.2, 0.25) is 5.91 Å². The number of fused-ring (bicyclic) bond motifs is 1. The van der Waals surface area contributed by atoms with Gasteiger partial charge in [-0.1, -0.05) is 0 Å². The number of hydrogen-bond donors (Lipinski definition) is 0. The van der Waals surface area contributed by atoms with Crippen LogP contribution in [0.2, 0.25) is 0 Å². The maximum atomic E-state index is 12.7. The second-order valence-corrected chi connectivity index (χ2v) is 7.09. The minimum atomic E-state index is 0.0671. The lowest BCUT2D eigenvalue weighted by atomic mass is 9.65. The van der Waals surface area contributed by atoms with Crippen LogP contribution >= 0.6 is 0 Å². The number of amides is 1. The molecule has 5 rings (SSSR count). The molecule has 2 saturated carbocycles. The van der Waals surface area contributed by atoms with Crippen molar-refractivity contribution in [1.29, 1.82) is 0 Å². The highest BCUT2D eigenvalue weighted by Gasteiger charge is 2.77. The van der Waals surface area contributed by atoms with Gasteiger partial charge in [-0.2, -0.15) is 0 Å². The molecule has 1 unspecified atom stereocenters. The third-order valence-electron chi connectivity index (χ3n) is 6.05. The molecule has 4 fully saturated rings. The van der Waals surface area contributed by atoms with E-state index in [-0.39, 0.29) is 16.9 Å². The van der Waals surface area contributed by atoms with Crippen LogP contribution in [0.5, 0.6) is 0 Å².